The van der Waals surface area contributed by atoms with Gasteiger partial charge in [-0.3, -0.25) is 4.79 Å². The third-order valence-corrected chi connectivity index (χ3v) is 6.52. The second-order valence-corrected chi connectivity index (χ2v) is 8.47. The first-order valence-corrected chi connectivity index (χ1v) is 10.2. The van der Waals surface area contributed by atoms with E-state index < -0.39 is 0 Å². The maximum Gasteiger partial charge on any atom is 0.258 e. The number of nitrogens with one attached hydrogen (secondary N) is 1. The number of aromatic amines is 1. The Morgan fingerprint density at radius 1 is 1.28 bits per heavy atom. The first-order valence-electron chi connectivity index (χ1n) is 9.12. The normalized spacial score (nSPS) is 20.7. The fourth-order valence-corrected chi connectivity index (χ4v) is 4.75. The number of fused-ring (bicyclic) bond motifs is 1. The molecule has 134 valence electrons. The van der Waals surface area contributed by atoms with Crippen molar-refractivity contribution in [2.45, 2.75) is 63.4 Å². The molecular weight excluding hydrogens is 332 g/mol. The number of carbonyl (C=O) groups is 1. The van der Waals surface area contributed by atoms with Gasteiger partial charge in [0.25, 0.3) is 5.56 Å². The van der Waals surface area contributed by atoms with Gasteiger partial charge in [0.2, 0.25) is 0 Å². The molecule has 0 spiro atoms. The lowest BCUT2D eigenvalue weighted by Gasteiger charge is -2.27. The molecule has 1 fully saturated rings. The van der Waals surface area contributed by atoms with Gasteiger partial charge in [-0.1, -0.05) is 12.1 Å². The van der Waals surface area contributed by atoms with Crippen LogP contribution in [0.25, 0.3) is 10.9 Å². The minimum absolute atomic E-state index is 0.0442. The average Bonchev–Trinajstić information content (AvgIpc) is 2.60. The van der Waals surface area contributed by atoms with Crippen molar-refractivity contribution in [3.8, 4) is 0 Å². The van der Waals surface area contributed by atoms with Crippen LogP contribution in [0.15, 0.2) is 23.0 Å². The number of hydrogen-bond donors (Lipinski definition) is 1. The molecule has 4 nitrogen and oxygen atoms in total. The SMILES string of the molecule is CC(=O)CCC1CCC(SCc2nc3c(C)cccc3c(=O)[nH]2)CC1. The first-order chi connectivity index (χ1) is 12.0. The van der Waals surface area contributed by atoms with Crippen molar-refractivity contribution in [1.29, 1.82) is 0 Å². The molecule has 1 heterocycles. The van der Waals surface area contributed by atoms with E-state index in [-0.39, 0.29) is 5.56 Å². The monoisotopic (exact) mass is 358 g/mol. The van der Waals surface area contributed by atoms with Gasteiger partial charge in [-0.2, -0.15) is 11.8 Å². The van der Waals surface area contributed by atoms with Crippen molar-refractivity contribution < 1.29 is 4.79 Å². The maximum absolute atomic E-state index is 12.2. The largest absolute Gasteiger partial charge is 0.309 e. The Balaban J connectivity index is 1.56. The lowest BCUT2D eigenvalue weighted by molar-refractivity contribution is -0.117. The number of aryl methyl sites for hydroxylation is 1. The zero-order chi connectivity index (χ0) is 17.8. The predicted molar refractivity (Wildman–Crippen MR) is 104 cm³/mol. The predicted octanol–water partition coefficient (Wildman–Crippen LogP) is 4.39. The molecule has 1 aliphatic rings. The number of para-hydroxylation sites is 1. The third-order valence-electron chi connectivity index (χ3n) is 5.14. The summed E-state index contributed by atoms with van der Waals surface area (Å²) in [5.41, 5.74) is 1.81. The first kappa shape index (κ1) is 18.2. The zero-order valence-electron chi connectivity index (χ0n) is 15.0. The van der Waals surface area contributed by atoms with Gasteiger partial charge in [0.05, 0.1) is 16.7 Å². The van der Waals surface area contributed by atoms with Crippen LogP contribution in [0.5, 0.6) is 0 Å². The Morgan fingerprint density at radius 2 is 2.04 bits per heavy atom. The van der Waals surface area contributed by atoms with E-state index in [9.17, 15) is 9.59 Å². The Bertz CT molecular complexity index is 807. The molecule has 0 radical (unpaired) electrons. The van der Waals surface area contributed by atoms with Crippen LogP contribution < -0.4 is 5.56 Å². The number of Topliss-reactive ketones (excluding diaryl/α,β-unsaturated/α-hetero) is 1. The molecule has 0 bridgehead atoms. The summed E-state index contributed by atoms with van der Waals surface area (Å²) >= 11 is 1.90. The fraction of sp³-hybridized carbons (Fsp3) is 0.550. The number of benzene rings is 1. The van der Waals surface area contributed by atoms with E-state index in [0.717, 1.165) is 35.5 Å². The Labute approximate surface area is 152 Å². The Kier molecular flexibility index (Phi) is 5.94. The molecule has 1 aliphatic carbocycles. The van der Waals surface area contributed by atoms with Crippen molar-refractivity contribution >= 4 is 28.4 Å². The van der Waals surface area contributed by atoms with Crippen molar-refractivity contribution in [1.82, 2.24) is 9.97 Å². The van der Waals surface area contributed by atoms with Crippen LogP contribution in [0.1, 0.15) is 56.8 Å². The van der Waals surface area contributed by atoms with E-state index in [0.29, 0.717) is 22.3 Å². The van der Waals surface area contributed by atoms with Crippen LogP contribution in [0.2, 0.25) is 0 Å². The van der Waals surface area contributed by atoms with Crippen molar-refractivity contribution in [2.75, 3.05) is 0 Å². The number of H-pyrrole nitrogens is 1. The molecule has 5 heteroatoms. The van der Waals surface area contributed by atoms with Gasteiger partial charge in [-0.15, -0.1) is 0 Å². The Hall–Kier alpha value is -1.62. The second kappa shape index (κ2) is 8.17. The molecule has 2 aromatic rings. The number of hydrogen-bond acceptors (Lipinski definition) is 4. The molecule has 0 aliphatic heterocycles. The summed E-state index contributed by atoms with van der Waals surface area (Å²) in [6, 6.07) is 5.72. The van der Waals surface area contributed by atoms with Crippen LogP contribution in [-0.2, 0) is 10.5 Å². The van der Waals surface area contributed by atoms with Crippen molar-refractivity contribution in [2.24, 2.45) is 5.92 Å². The smallest absolute Gasteiger partial charge is 0.258 e. The van der Waals surface area contributed by atoms with Crippen LogP contribution in [0.3, 0.4) is 0 Å². The Morgan fingerprint density at radius 3 is 2.76 bits per heavy atom. The number of rotatable bonds is 6. The zero-order valence-corrected chi connectivity index (χ0v) is 15.8. The van der Waals surface area contributed by atoms with E-state index in [2.05, 4.69) is 9.97 Å². The van der Waals surface area contributed by atoms with E-state index in [1.165, 1.54) is 25.7 Å². The quantitative estimate of drug-likeness (QED) is 0.832. The molecule has 25 heavy (non-hydrogen) atoms. The van der Waals surface area contributed by atoms with Gasteiger partial charge >= 0.3 is 0 Å². The van der Waals surface area contributed by atoms with E-state index in [4.69, 9.17) is 0 Å². The molecule has 1 N–H and O–H groups in total. The highest BCUT2D eigenvalue weighted by Gasteiger charge is 2.22. The summed E-state index contributed by atoms with van der Waals surface area (Å²) in [5, 5.41) is 1.30. The molecule has 0 unspecified atom stereocenters. The molecule has 3 rings (SSSR count). The van der Waals surface area contributed by atoms with Gasteiger partial charge in [-0.05, 0) is 63.5 Å². The molecule has 0 atom stereocenters. The van der Waals surface area contributed by atoms with Crippen molar-refractivity contribution in [3.63, 3.8) is 0 Å². The van der Waals surface area contributed by atoms with Gasteiger partial charge in [-0.25, -0.2) is 4.98 Å². The summed E-state index contributed by atoms with van der Waals surface area (Å²) in [5.74, 6) is 2.54. The number of ketones is 1. The summed E-state index contributed by atoms with van der Waals surface area (Å²) in [4.78, 5) is 31.0. The highest BCUT2D eigenvalue weighted by Crippen LogP contribution is 2.35. The van der Waals surface area contributed by atoms with Crippen LogP contribution in [-0.4, -0.2) is 21.0 Å². The molecule has 1 aromatic carbocycles. The van der Waals surface area contributed by atoms with Crippen molar-refractivity contribution in [3.05, 3.63) is 39.9 Å². The van der Waals surface area contributed by atoms with Crippen LogP contribution in [0.4, 0.5) is 0 Å². The summed E-state index contributed by atoms with van der Waals surface area (Å²) in [7, 11) is 0. The summed E-state index contributed by atoms with van der Waals surface area (Å²) < 4.78 is 0. The van der Waals surface area contributed by atoms with Crippen LogP contribution in [0, 0.1) is 12.8 Å². The van der Waals surface area contributed by atoms with E-state index in [1.807, 2.05) is 36.9 Å². The van der Waals surface area contributed by atoms with Gasteiger partial charge in [0, 0.05) is 11.7 Å². The van der Waals surface area contributed by atoms with E-state index in [1.54, 1.807) is 6.92 Å². The standard InChI is InChI=1S/C20H26N2O2S/c1-13-4-3-5-17-19(13)21-18(22-20(17)24)12-25-16-10-8-15(9-11-16)7-6-14(2)23/h3-5,15-16H,6-12H2,1-2H3,(H,21,22,24). The number of thioether (sulfide) groups is 1. The number of aromatic nitrogens is 2. The summed E-state index contributed by atoms with van der Waals surface area (Å²) in [6.07, 6.45) is 6.60. The molecular formula is C20H26N2O2S. The highest BCUT2D eigenvalue weighted by atomic mass is 32.2. The van der Waals surface area contributed by atoms with Crippen LogP contribution >= 0.6 is 11.8 Å². The summed E-state index contributed by atoms with van der Waals surface area (Å²) in [6.45, 7) is 3.68. The fourth-order valence-electron chi connectivity index (χ4n) is 3.61. The minimum atomic E-state index is -0.0442. The van der Waals surface area contributed by atoms with Gasteiger partial charge in [0.15, 0.2) is 0 Å². The van der Waals surface area contributed by atoms with Gasteiger partial charge < -0.3 is 9.78 Å². The number of nitrogens with zero attached hydrogens (tertiary/aromatic N) is 1. The second-order valence-electron chi connectivity index (χ2n) is 7.18. The van der Waals surface area contributed by atoms with Gasteiger partial charge in [0.1, 0.15) is 11.6 Å². The minimum Gasteiger partial charge on any atom is -0.309 e. The number of carbonyl (C=O) groups excluding carboxylic acids is 1. The average molecular weight is 359 g/mol. The lowest BCUT2D eigenvalue weighted by atomic mass is 9.85. The molecule has 1 saturated carbocycles. The maximum atomic E-state index is 12.2. The molecule has 0 amide bonds. The van der Waals surface area contributed by atoms with E-state index >= 15 is 0 Å². The topological polar surface area (TPSA) is 62.8 Å². The highest BCUT2D eigenvalue weighted by molar-refractivity contribution is 7.99. The molecule has 1 aromatic heterocycles. The third kappa shape index (κ3) is 4.72. The molecule has 0 saturated heterocycles. The lowest BCUT2D eigenvalue weighted by Crippen LogP contribution is -2.18.